The summed E-state index contributed by atoms with van der Waals surface area (Å²) in [7, 11) is 0. The van der Waals surface area contributed by atoms with Crippen LogP contribution in [0.4, 0.5) is 5.82 Å². The summed E-state index contributed by atoms with van der Waals surface area (Å²) in [6.07, 6.45) is 9.69. The van der Waals surface area contributed by atoms with Crippen molar-refractivity contribution in [1.29, 1.82) is 0 Å². The fourth-order valence-electron chi connectivity index (χ4n) is 4.34. The molecule has 4 rings (SSSR count). The fraction of sp³-hybridized carbons (Fsp3) is 0.778. The van der Waals surface area contributed by atoms with Crippen molar-refractivity contribution in [2.45, 2.75) is 63.3 Å². The number of likely N-dealkylation sites (tertiary alicyclic amines) is 1. The summed E-state index contributed by atoms with van der Waals surface area (Å²) in [4.78, 5) is 14.8. The molecule has 0 bridgehead atoms. The van der Waals surface area contributed by atoms with Crippen LogP contribution >= 0.6 is 0 Å². The minimum Gasteiger partial charge on any atom is -0.349 e. The highest BCUT2D eigenvalue weighted by atomic mass is 16.7. The summed E-state index contributed by atoms with van der Waals surface area (Å²) in [5, 5.41) is 7.49. The van der Waals surface area contributed by atoms with Gasteiger partial charge in [-0.3, -0.25) is 9.69 Å². The third kappa shape index (κ3) is 3.88. The van der Waals surface area contributed by atoms with Gasteiger partial charge in [-0.05, 0) is 32.2 Å². The molecule has 0 unspecified atom stereocenters. The van der Waals surface area contributed by atoms with Gasteiger partial charge in [0.2, 0.25) is 5.91 Å². The SMILES string of the molecule is O=C(CN1CCCC[C@@H]1C1OCCO1)Nc1ccnn1C1CCCC1. The second-order valence-corrected chi connectivity index (χ2v) is 7.29. The number of hydrogen-bond acceptors (Lipinski definition) is 5. The smallest absolute Gasteiger partial charge is 0.239 e. The Morgan fingerprint density at radius 3 is 2.72 bits per heavy atom. The highest BCUT2D eigenvalue weighted by molar-refractivity contribution is 5.91. The van der Waals surface area contributed by atoms with E-state index in [1.54, 1.807) is 6.20 Å². The Kier molecular flexibility index (Phi) is 5.33. The quantitative estimate of drug-likeness (QED) is 0.883. The van der Waals surface area contributed by atoms with E-state index in [0.717, 1.165) is 38.0 Å². The Labute approximate surface area is 148 Å². The lowest BCUT2D eigenvalue weighted by Crippen LogP contribution is -2.50. The van der Waals surface area contributed by atoms with E-state index >= 15 is 0 Å². The molecule has 1 aromatic heterocycles. The number of ether oxygens (including phenoxy) is 2. The minimum absolute atomic E-state index is 0.0182. The number of aromatic nitrogens is 2. The third-order valence-electron chi connectivity index (χ3n) is 5.58. The molecule has 0 spiro atoms. The van der Waals surface area contributed by atoms with Crippen molar-refractivity contribution in [3.05, 3.63) is 12.3 Å². The van der Waals surface area contributed by atoms with E-state index in [1.165, 1.54) is 19.3 Å². The number of anilines is 1. The van der Waals surface area contributed by atoms with E-state index in [0.29, 0.717) is 25.8 Å². The average molecular weight is 348 g/mol. The first kappa shape index (κ1) is 17.0. The first-order valence-electron chi connectivity index (χ1n) is 9.62. The van der Waals surface area contributed by atoms with Crippen LogP contribution in [0.2, 0.25) is 0 Å². The molecule has 3 heterocycles. The Morgan fingerprint density at radius 2 is 1.92 bits per heavy atom. The number of hydrogen-bond donors (Lipinski definition) is 1. The lowest BCUT2D eigenvalue weighted by atomic mass is 10.0. The molecule has 7 nitrogen and oxygen atoms in total. The molecule has 3 aliphatic rings. The van der Waals surface area contributed by atoms with Crippen molar-refractivity contribution >= 4 is 11.7 Å². The number of carbonyl (C=O) groups excluding carboxylic acids is 1. The highest BCUT2D eigenvalue weighted by Crippen LogP contribution is 2.31. The normalized spacial score (nSPS) is 26.3. The van der Waals surface area contributed by atoms with Crippen LogP contribution in [-0.2, 0) is 14.3 Å². The third-order valence-corrected chi connectivity index (χ3v) is 5.58. The zero-order chi connectivity index (χ0) is 17.1. The van der Waals surface area contributed by atoms with Gasteiger partial charge in [0.1, 0.15) is 5.82 Å². The molecule has 3 fully saturated rings. The molecule has 1 aromatic rings. The van der Waals surface area contributed by atoms with Crippen LogP contribution in [0, 0.1) is 0 Å². The molecule has 1 amide bonds. The predicted molar refractivity (Wildman–Crippen MR) is 93.3 cm³/mol. The fourth-order valence-corrected chi connectivity index (χ4v) is 4.34. The van der Waals surface area contributed by atoms with Gasteiger partial charge in [0.15, 0.2) is 6.29 Å². The van der Waals surface area contributed by atoms with Gasteiger partial charge in [-0.2, -0.15) is 5.10 Å². The maximum absolute atomic E-state index is 12.6. The molecule has 25 heavy (non-hydrogen) atoms. The lowest BCUT2D eigenvalue weighted by molar-refractivity contribution is -0.127. The van der Waals surface area contributed by atoms with Crippen molar-refractivity contribution in [1.82, 2.24) is 14.7 Å². The van der Waals surface area contributed by atoms with Gasteiger partial charge < -0.3 is 14.8 Å². The standard InChI is InChI=1S/C18H28N4O3/c23-17(20-16-8-9-19-22(16)14-5-1-2-6-14)13-21-10-4-3-7-15(21)18-24-11-12-25-18/h8-9,14-15,18H,1-7,10-13H2,(H,20,23)/t15-/m1/s1. The molecule has 0 radical (unpaired) electrons. The van der Waals surface area contributed by atoms with Gasteiger partial charge >= 0.3 is 0 Å². The topological polar surface area (TPSA) is 68.6 Å². The number of carbonyl (C=O) groups is 1. The van der Waals surface area contributed by atoms with Gasteiger partial charge in [-0.1, -0.05) is 19.3 Å². The number of nitrogens with one attached hydrogen (secondary N) is 1. The maximum Gasteiger partial charge on any atom is 0.239 e. The zero-order valence-electron chi connectivity index (χ0n) is 14.7. The Bertz CT molecular complexity index is 579. The van der Waals surface area contributed by atoms with Crippen molar-refractivity contribution in [2.75, 3.05) is 31.6 Å². The molecule has 7 heteroatoms. The molecule has 1 aliphatic carbocycles. The molecular formula is C18H28N4O3. The number of piperidine rings is 1. The first-order chi connectivity index (χ1) is 12.3. The monoisotopic (exact) mass is 348 g/mol. The number of nitrogens with zero attached hydrogens (tertiary/aromatic N) is 3. The molecule has 1 N–H and O–H groups in total. The average Bonchev–Trinajstić information content (AvgIpc) is 3.37. The second kappa shape index (κ2) is 7.85. The summed E-state index contributed by atoms with van der Waals surface area (Å²) >= 11 is 0. The van der Waals surface area contributed by atoms with E-state index in [2.05, 4.69) is 15.3 Å². The van der Waals surface area contributed by atoms with E-state index in [4.69, 9.17) is 9.47 Å². The Hall–Kier alpha value is -1.44. The summed E-state index contributed by atoms with van der Waals surface area (Å²) in [5.74, 6) is 0.837. The van der Waals surface area contributed by atoms with Crippen molar-refractivity contribution in [3.63, 3.8) is 0 Å². The van der Waals surface area contributed by atoms with E-state index in [-0.39, 0.29) is 18.2 Å². The van der Waals surface area contributed by atoms with Crippen LogP contribution in [0.3, 0.4) is 0 Å². The number of rotatable bonds is 5. The van der Waals surface area contributed by atoms with Crippen LogP contribution in [-0.4, -0.2) is 59.2 Å². The Balaban J connectivity index is 1.37. The van der Waals surface area contributed by atoms with Gasteiger partial charge in [0.25, 0.3) is 0 Å². The lowest BCUT2D eigenvalue weighted by Gasteiger charge is -2.37. The molecule has 1 saturated carbocycles. The van der Waals surface area contributed by atoms with E-state index < -0.39 is 0 Å². The minimum atomic E-state index is -0.183. The van der Waals surface area contributed by atoms with Crippen LogP contribution in [0.1, 0.15) is 51.0 Å². The van der Waals surface area contributed by atoms with Crippen LogP contribution in [0.5, 0.6) is 0 Å². The number of amides is 1. The predicted octanol–water partition coefficient (Wildman–Crippen LogP) is 2.16. The molecule has 2 aliphatic heterocycles. The molecule has 0 aromatic carbocycles. The maximum atomic E-state index is 12.6. The summed E-state index contributed by atoms with van der Waals surface area (Å²) < 4.78 is 13.4. The van der Waals surface area contributed by atoms with Crippen LogP contribution in [0.15, 0.2) is 12.3 Å². The zero-order valence-corrected chi connectivity index (χ0v) is 14.7. The Morgan fingerprint density at radius 1 is 1.16 bits per heavy atom. The molecule has 1 atom stereocenters. The largest absolute Gasteiger partial charge is 0.349 e. The van der Waals surface area contributed by atoms with Crippen molar-refractivity contribution in [2.24, 2.45) is 0 Å². The van der Waals surface area contributed by atoms with Crippen LogP contribution < -0.4 is 5.32 Å². The van der Waals surface area contributed by atoms with Gasteiger partial charge in [0.05, 0.1) is 38.0 Å². The van der Waals surface area contributed by atoms with E-state index in [9.17, 15) is 4.79 Å². The van der Waals surface area contributed by atoms with Gasteiger partial charge in [-0.15, -0.1) is 0 Å². The highest BCUT2D eigenvalue weighted by Gasteiger charge is 2.34. The van der Waals surface area contributed by atoms with Crippen LogP contribution in [0.25, 0.3) is 0 Å². The molecular weight excluding hydrogens is 320 g/mol. The summed E-state index contributed by atoms with van der Waals surface area (Å²) in [6, 6.07) is 2.50. The van der Waals surface area contributed by atoms with Crippen molar-refractivity contribution < 1.29 is 14.3 Å². The van der Waals surface area contributed by atoms with E-state index in [1.807, 2.05) is 10.7 Å². The first-order valence-corrected chi connectivity index (χ1v) is 9.62. The second-order valence-electron chi connectivity index (χ2n) is 7.29. The summed E-state index contributed by atoms with van der Waals surface area (Å²) in [6.45, 7) is 2.61. The van der Waals surface area contributed by atoms with Gasteiger partial charge in [-0.25, -0.2) is 4.68 Å². The van der Waals surface area contributed by atoms with Gasteiger partial charge in [0, 0.05) is 6.07 Å². The summed E-state index contributed by atoms with van der Waals surface area (Å²) in [5.41, 5.74) is 0. The van der Waals surface area contributed by atoms with Crippen molar-refractivity contribution in [3.8, 4) is 0 Å². The molecule has 2 saturated heterocycles. The molecule has 138 valence electrons.